The molecule has 6 rings (SSSR count). The molecule has 1 aromatic heterocycles. The summed E-state index contributed by atoms with van der Waals surface area (Å²) >= 11 is 1.97. The van der Waals surface area contributed by atoms with Crippen molar-refractivity contribution in [3.8, 4) is 0 Å². The second-order valence-electron chi connectivity index (χ2n) is 8.46. The highest BCUT2D eigenvalue weighted by atomic mass is 127. The summed E-state index contributed by atoms with van der Waals surface area (Å²) in [5.41, 5.74) is 6.42. The number of thiazole rings is 1. The van der Waals surface area contributed by atoms with Crippen LogP contribution in [0.2, 0.25) is 0 Å². The Bertz CT molecular complexity index is 1160. The normalized spacial score (nSPS) is 22.4. The topological polar surface area (TPSA) is 7.12 Å². The van der Waals surface area contributed by atoms with E-state index in [1.54, 1.807) is 16.8 Å². The van der Waals surface area contributed by atoms with Crippen LogP contribution < -0.4 is 28.5 Å². The highest BCUT2D eigenvalue weighted by molar-refractivity contribution is 7.19. The highest BCUT2D eigenvalue weighted by Crippen LogP contribution is 2.45. The molecule has 0 radical (unpaired) electrons. The van der Waals surface area contributed by atoms with Crippen molar-refractivity contribution in [1.29, 1.82) is 0 Å². The molecule has 0 amide bonds. The smallest absolute Gasteiger partial charge is 0.263 e. The SMILES string of the molecule is CC[n+]1c(C=C2CC3CCCN3C3=C2CCC3)sc2ccc3ccccc3c21.[I-]. The molecular weight excluding hydrogens is 487 g/mol. The molecule has 1 fully saturated rings. The summed E-state index contributed by atoms with van der Waals surface area (Å²) in [4.78, 5) is 2.76. The van der Waals surface area contributed by atoms with Crippen molar-refractivity contribution in [2.45, 2.75) is 58.0 Å². The predicted octanol–water partition coefficient (Wildman–Crippen LogP) is 3.06. The van der Waals surface area contributed by atoms with E-state index in [1.807, 2.05) is 11.3 Å². The molecule has 1 unspecified atom stereocenters. The van der Waals surface area contributed by atoms with E-state index in [-0.39, 0.29) is 24.0 Å². The van der Waals surface area contributed by atoms with Crippen molar-refractivity contribution in [3.63, 3.8) is 0 Å². The number of hydrogen-bond acceptors (Lipinski definition) is 2. The van der Waals surface area contributed by atoms with Crippen LogP contribution >= 0.6 is 11.3 Å². The van der Waals surface area contributed by atoms with Gasteiger partial charge in [-0.25, -0.2) is 0 Å². The largest absolute Gasteiger partial charge is 1.00 e. The number of fused-ring (bicyclic) bond motifs is 5. The molecule has 0 saturated carbocycles. The van der Waals surface area contributed by atoms with Gasteiger partial charge < -0.3 is 28.9 Å². The van der Waals surface area contributed by atoms with E-state index in [0.29, 0.717) is 0 Å². The van der Waals surface area contributed by atoms with Crippen LogP contribution in [-0.4, -0.2) is 17.5 Å². The standard InChI is InChI=1S/C25H27N2S.HI/c1-2-26-24(28-23-13-12-17-7-3-4-9-21(17)25(23)26)16-18-15-19-8-6-14-27(19)22-11-5-10-20(18)22;/h3-4,7,9,12-13,16,19H,2,5-6,8,10-11,14-15H2,1H3;1H/q+1;/p-1. The fourth-order valence-electron chi connectivity index (χ4n) is 5.76. The summed E-state index contributed by atoms with van der Waals surface area (Å²) < 4.78 is 3.96. The molecule has 1 atom stereocenters. The molecule has 150 valence electrons. The summed E-state index contributed by atoms with van der Waals surface area (Å²) in [5.74, 6) is 0. The van der Waals surface area contributed by atoms with Crippen LogP contribution in [0.25, 0.3) is 27.1 Å². The van der Waals surface area contributed by atoms with E-state index >= 15 is 0 Å². The lowest BCUT2D eigenvalue weighted by Gasteiger charge is -2.35. The maximum Gasteiger partial charge on any atom is 0.263 e. The Morgan fingerprint density at radius 3 is 2.93 bits per heavy atom. The molecule has 2 aromatic carbocycles. The summed E-state index contributed by atoms with van der Waals surface area (Å²) in [7, 11) is 0. The van der Waals surface area contributed by atoms with Crippen LogP contribution in [0.1, 0.15) is 50.5 Å². The Morgan fingerprint density at radius 2 is 2.03 bits per heavy atom. The molecule has 1 saturated heterocycles. The lowest BCUT2D eigenvalue weighted by molar-refractivity contribution is -0.664. The summed E-state index contributed by atoms with van der Waals surface area (Å²) in [6.07, 6.45) is 10.5. The van der Waals surface area contributed by atoms with Crippen molar-refractivity contribution in [1.82, 2.24) is 4.90 Å². The van der Waals surface area contributed by atoms with Gasteiger partial charge in [-0.1, -0.05) is 35.6 Å². The third-order valence-electron chi connectivity index (χ3n) is 6.98. The summed E-state index contributed by atoms with van der Waals surface area (Å²) in [6.45, 7) is 4.60. The van der Waals surface area contributed by atoms with Gasteiger partial charge in [0.1, 0.15) is 11.2 Å². The first kappa shape index (κ1) is 19.6. The van der Waals surface area contributed by atoms with Gasteiger partial charge in [-0.15, -0.1) is 0 Å². The van der Waals surface area contributed by atoms with Crippen molar-refractivity contribution in [3.05, 3.63) is 58.2 Å². The molecule has 29 heavy (non-hydrogen) atoms. The lowest BCUT2D eigenvalue weighted by Crippen LogP contribution is -3.00. The number of hydrogen-bond donors (Lipinski definition) is 0. The zero-order valence-corrected chi connectivity index (χ0v) is 19.9. The minimum atomic E-state index is 0. The number of rotatable bonds is 2. The Balaban J connectivity index is 0.00000181. The van der Waals surface area contributed by atoms with Gasteiger partial charge in [0.05, 0.1) is 5.39 Å². The quantitative estimate of drug-likeness (QED) is 0.377. The molecule has 3 aromatic rings. The molecule has 4 heteroatoms. The summed E-state index contributed by atoms with van der Waals surface area (Å²) in [5, 5.41) is 4.15. The van der Waals surface area contributed by atoms with Crippen molar-refractivity contribution < 1.29 is 28.5 Å². The van der Waals surface area contributed by atoms with Gasteiger partial charge in [0.2, 0.25) is 5.52 Å². The molecule has 1 aliphatic carbocycles. The minimum Gasteiger partial charge on any atom is -1.00 e. The van der Waals surface area contributed by atoms with Crippen LogP contribution in [0.3, 0.4) is 0 Å². The van der Waals surface area contributed by atoms with Gasteiger partial charge >= 0.3 is 0 Å². The number of aromatic nitrogens is 1. The average molecular weight is 514 g/mol. The second-order valence-corrected chi connectivity index (χ2v) is 9.52. The summed E-state index contributed by atoms with van der Waals surface area (Å²) in [6, 6.07) is 14.2. The third kappa shape index (κ3) is 3.05. The first-order valence-corrected chi connectivity index (χ1v) is 11.7. The molecule has 3 aliphatic rings. The van der Waals surface area contributed by atoms with Gasteiger partial charge in [0.15, 0.2) is 0 Å². The molecule has 0 bridgehead atoms. The minimum absolute atomic E-state index is 0. The Labute approximate surface area is 193 Å². The van der Waals surface area contributed by atoms with E-state index in [9.17, 15) is 0 Å². The molecule has 0 spiro atoms. The van der Waals surface area contributed by atoms with Gasteiger partial charge in [0.25, 0.3) is 5.01 Å². The second kappa shape index (κ2) is 7.69. The first-order valence-electron chi connectivity index (χ1n) is 10.9. The maximum atomic E-state index is 2.76. The Hall–Kier alpha value is -1.40. The van der Waals surface area contributed by atoms with Crippen LogP contribution in [0.4, 0.5) is 0 Å². The van der Waals surface area contributed by atoms with Gasteiger partial charge in [-0.3, -0.25) is 0 Å². The van der Waals surface area contributed by atoms with Crippen molar-refractivity contribution in [2.24, 2.45) is 0 Å². The zero-order chi connectivity index (χ0) is 18.7. The van der Waals surface area contributed by atoms with Crippen LogP contribution in [0, 0.1) is 0 Å². The molecule has 0 N–H and O–H groups in total. The fraction of sp³-hybridized carbons (Fsp3) is 0.400. The fourth-order valence-corrected chi connectivity index (χ4v) is 6.97. The van der Waals surface area contributed by atoms with Gasteiger partial charge in [-0.2, -0.15) is 4.57 Å². The maximum absolute atomic E-state index is 2.76. The lowest BCUT2D eigenvalue weighted by atomic mass is 9.92. The Morgan fingerprint density at radius 1 is 1.14 bits per heavy atom. The number of benzene rings is 2. The predicted molar refractivity (Wildman–Crippen MR) is 118 cm³/mol. The average Bonchev–Trinajstić information content (AvgIpc) is 3.45. The van der Waals surface area contributed by atoms with E-state index in [1.165, 1.54) is 71.1 Å². The first-order chi connectivity index (χ1) is 13.8. The van der Waals surface area contributed by atoms with Crippen LogP contribution in [0.5, 0.6) is 0 Å². The van der Waals surface area contributed by atoms with Gasteiger partial charge in [0, 0.05) is 24.4 Å². The van der Waals surface area contributed by atoms with Crippen molar-refractivity contribution >= 4 is 38.4 Å². The molecule has 2 aliphatic heterocycles. The zero-order valence-electron chi connectivity index (χ0n) is 17.0. The third-order valence-corrected chi connectivity index (χ3v) is 8.08. The monoisotopic (exact) mass is 514 g/mol. The van der Waals surface area contributed by atoms with Crippen LogP contribution in [-0.2, 0) is 6.54 Å². The van der Waals surface area contributed by atoms with Crippen LogP contribution in [0.15, 0.2) is 53.2 Å². The Kier molecular flexibility index (Phi) is 5.19. The molecular formula is C25H27IN2S. The number of aryl methyl sites for hydroxylation is 1. The van der Waals surface area contributed by atoms with E-state index < -0.39 is 0 Å². The van der Waals surface area contributed by atoms with E-state index in [2.05, 4.69) is 58.9 Å². The number of halogens is 1. The molecule has 3 heterocycles. The number of allylic oxidation sites excluding steroid dienone is 2. The highest BCUT2D eigenvalue weighted by Gasteiger charge is 2.36. The van der Waals surface area contributed by atoms with Crippen molar-refractivity contribution in [2.75, 3.05) is 6.54 Å². The molecule has 2 nitrogen and oxygen atoms in total. The van der Waals surface area contributed by atoms with Gasteiger partial charge in [-0.05, 0) is 74.1 Å². The van der Waals surface area contributed by atoms with E-state index in [4.69, 9.17) is 0 Å². The van der Waals surface area contributed by atoms with E-state index in [0.717, 1.165) is 12.6 Å². The number of nitrogens with zero attached hydrogens (tertiary/aromatic N) is 2.